The van der Waals surface area contributed by atoms with Crippen LogP contribution in [-0.2, 0) is 13.6 Å². The summed E-state index contributed by atoms with van der Waals surface area (Å²) in [6, 6.07) is 0. The van der Waals surface area contributed by atoms with E-state index in [1.54, 1.807) is 4.68 Å². The van der Waals surface area contributed by atoms with Gasteiger partial charge in [-0.2, -0.15) is 0 Å². The van der Waals surface area contributed by atoms with E-state index in [0.29, 0.717) is 0 Å². The lowest BCUT2D eigenvalue weighted by Gasteiger charge is -2.40. The van der Waals surface area contributed by atoms with Crippen molar-refractivity contribution < 1.29 is 0 Å². The van der Waals surface area contributed by atoms with E-state index in [-0.39, 0.29) is 5.54 Å². The van der Waals surface area contributed by atoms with Crippen molar-refractivity contribution in [1.82, 2.24) is 25.2 Å². The minimum Gasteiger partial charge on any atom is -0.309 e. The van der Waals surface area contributed by atoms with Crippen molar-refractivity contribution in [2.45, 2.75) is 32.4 Å². The first kappa shape index (κ1) is 11.5. The number of hydrogen-bond donors (Lipinski definition) is 1. The highest BCUT2D eigenvalue weighted by Crippen LogP contribution is 2.16. The summed E-state index contributed by atoms with van der Waals surface area (Å²) >= 11 is 0. The lowest BCUT2D eigenvalue weighted by Crippen LogP contribution is -2.58. The van der Waals surface area contributed by atoms with Gasteiger partial charge in [-0.25, -0.2) is 0 Å². The van der Waals surface area contributed by atoms with Gasteiger partial charge in [0.15, 0.2) is 0 Å². The molecular weight excluding hydrogens is 202 g/mol. The fourth-order valence-corrected chi connectivity index (χ4v) is 2.21. The summed E-state index contributed by atoms with van der Waals surface area (Å²) in [7, 11) is 1.91. The van der Waals surface area contributed by atoms with Gasteiger partial charge < -0.3 is 5.32 Å². The molecule has 1 aliphatic heterocycles. The molecule has 5 nitrogen and oxygen atoms in total. The predicted molar refractivity (Wildman–Crippen MR) is 63.0 cm³/mol. The highest BCUT2D eigenvalue weighted by Gasteiger charge is 2.28. The van der Waals surface area contributed by atoms with Crippen molar-refractivity contribution in [3.05, 3.63) is 11.9 Å². The molecule has 1 saturated heterocycles. The molecule has 1 unspecified atom stereocenters. The van der Waals surface area contributed by atoms with Gasteiger partial charge in [-0.3, -0.25) is 9.58 Å². The van der Waals surface area contributed by atoms with E-state index in [0.717, 1.165) is 38.3 Å². The fourth-order valence-electron chi connectivity index (χ4n) is 2.21. The van der Waals surface area contributed by atoms with Gasteiger partial charge in [-0.1, -0.05) is 12.1 Å². The Morgan fingerprint density at radius 1 is 1.56 bits per heavy atom. The van der Waals surface area contributed by atoms with Crippen LogP contribution >= 0.6 is 0 Å². The van der Waals surface area contributed by atoms with E-state index in [1.165, 1.54) is 0 Å². The van der Waals surface area contributed by atoms with Crippen molar-refractivity contribution in [2.75, 3.05) is 19.6 Å². The van der Waals surface area contributed by atoms with Crippen LogP contribution in [0.1, 0.15) is 26.0 Å². The van der Waals surface area contributed by atoms with E-state index in [9.17, 15) is 0 Å². The van der Waals surface area contributed by atoms with Crippen LogP contribution in [0.25, 0.3) is 0 Å². The van der Waals surface area contributed by atoms with Crippen LogP contribution in [-0.4, -0.2) is 45.1 Å². The standard InChI is InChI=1S/C11H21N5/c1-4-11(2)9-16(6-5-12-11)8-10-7-15(3)14-13-10/h7,12H,4-6,8-9H2,1-3H3. The maximum Gasteiger partial charge on any atom is 0.0967 e. The van der Waals surface area contributed by atoms with Gasteiger partial charge in [0.2, 0.25) is 0 Å². The number of aromatic nitrogens is 3. The Labute approximate surface area is 96.8 Å². The van der Waals surface area contributed by atoms with E-state index in [4.69, 9.17) is 0 Å². The van der Waals surface area contributed by atoms with Crippen LogP contribution in [0.4, 0.5) is 0 Å². The van der Waals surface area contributed by atoms with Gasteiger partial charge in [0.1, 0.15) is 0 Å². The Morgan fingerprint density at radius 3 is 3.00 bits per heavy atom. The Morgan fingerprint density at radius 2 is 2.38 bits per heavy atom. The first-order valence-corrected chi connectivity index (χ1v) is 5.94. The molecule has 2 rings (SSSR count). The summed E-state index contributed by atoms with van der Waals surface area (Å²) in [4.78, 5) is 2.45. The maximum atomic E-state index is 4.13. The number of nitrogens with one attached hydrogen (secondary N) is 1. The summed E-state index contributed by atoms with van der Waals surface area (Å²) in [6.45, 7) is 8.66. The molecule has 0 radical (unpaired) electrons. The van der Waals surface area contributed by atoms with Crippen molar-refractivity contribution in [1.29, 1.82) is 0 Å². The SMILES string of the molecule is CCC1(C)CN(Cc2cn(C)nn2)CCN1. The number of nitrogens with zero attached hydrogens (tertiary/aromatic N) is 4. The molecule has 1 N–H and O–H groups in total. The van der Waals surface area contributed by atoms with E-state index in [1.807, 2.05) is 13.2 Å². The average Bonchev–Trinajstić information content (AvgIpc) is 2.64. The normalized spacial score (nSPS) is 27.2. The van der Waals surface area contributed by atoms with Crippen molar-refractivity contribution in [2.24, 2.45) is 7.05 Å². The minimum absolute atomic E-state index is 0.250. The number of hydrogen-bond acceptors (Lipinski definition) is 4. The topological polar surface area (TPSA) is 46.0 Å². The summed E-state index contributed by atoms with van der Waals surface area (Å²) in [5.74, 6) is 0. The summed E-state index contributed by atoms with van der Waals surface area (Å²) in [5.41, 5.74) is 1.31. The van der Waals surface area contributed by atoms with Crippen LogP contribution in [0.3, 0.4) is 0 Å². The monoisotopic (exact) mass is 223 g/mol. The zero-order valence-corrected chi connectivity index (χ0v) is 10.4. The molecule has 1 atom stereocenters. The lowest BCUT2D eigenvalue weighted by atomic mass is 9.96. The third-order valence-corrected chi connectivity index (χ3v) is 3.37. The molecule has 1 aliphatic rings. The quantitative estimate of drug-likeness (QED) is 0.805. The molecule has 0 spiro atoms. The maximum absolute atomic E-state index is 4.13. The molecule has 90 valence electrons. The molecule has 16 heavy (non-hydrogen) atoms. The van der Waals surface area contributed by atoms with Crippen LogP contribution in [0.2, 0.25) is 0 Å². The molecule has 0 bridgehead atoms. The Hall–Kier alpha value is -0.940. The third kappa shape index (κ3) is 2.59. The van der Waals surface area contributed by atoms with Crippen molar-refractivity contribution in [3.63, 3.8) is 0 Å². The van der Waals surface area contributed by atoms with Crippen LogP contribution in [0.5, 0.6) is 0 Å². The lowest BCUT2D eigenvalue weighted by molar-refractivity contribution is 0.132. The number of piperazine rings is 1. The highest BCUT2D eigenvalue weighted by atomic mass is 15.4. The van der Waals surface area contributed by atoms with Crippen molar-refractivity contribution in [3.8, 4) is 0 Å². The van der Waals surface area contributed by atoms with Gasteiger partial charge in [-0.15, -0.1) is 5.10 Å². The van der Waals surface area contributed by atoms with Gasteiger partial charge >= 0.3 is 0 Å². The molecule has 0 aliphatic carbocycles. The molecule has 5 heteroatoms. The molecule has 1 aromatic heterocycles. The second-order valence-corrected chi connectivity index (χ2v) is 4.94. The predicted octanol–water partition coefficient (Wildman–Crippen LogP) is 0.389. The second-order valence-electron chi connectivity index (χ2n) is 4.94. The number of rotatable bonds is 3. The van der Waals surface area contributed by atoms with E-state index < -0.39 is 0 Å². The van der Waals surface area contributed by atoms with E-state index in [2.05, 4.69) is 34.4 Å². The van der Waals surface area contributed by atoms with Crippen LogP contribution in [0, 0.1) is 0 Å². The summed E-state index contributed by atoms with van der Waals surface area (Å²) in [5, 5.41) is 11.7. The number of aryl methyl sites for hydroxylation is 1. The first-order chi connectivity index (χ1) is 7.61. The smallest absolute Gasteiger partial charge is 0.0967 e. The molecule has 0 saturated carbocycles. The van der Waals surface area contributed by atoms with Gasteiger partial charge in [-0.05, 0) is 13.3 Å². The minimum atomic E-state index is 0.250. The summed E-state index contributed by atoms with van der Waals surface area (Å²) < 4.78 is 1.76. The molecule has 1 fully saturated rings. The Balaban J connectivity index is 1.95. The van der Waals surface area contributed by atoms with E-state index >= 15 is 0 Å². The Kier molecular flexibility index (Phi) is 3.25. The molecule has 2 heterocycles. The molecule has 0 aromatic carbocycles. The highest BCUT2D eigenvalue weighted by molar-refractivity contribution is 4.96. The van der Waals surface area contributed by atoms with Crippen LogP contribution in [0.15, 0.2) is 6.20 Å². The average molecular weight is 223 g/mol. The largest absolute Gasteiger partial charge is 0.309 e. The second kappa shape index (κ2) is 4.51. The molecular formula is C11H21N5. The van der Waals surface area contributed by atoms with Crippen LogP contribution < -0.4 is 5.32 Å². The van der Waals surface area contributed by atoms with Gasteiger partial charge in [0.25, 0.3) is 0 Å². The molecule has 1 aromatic rings. The molecule has 0 amide bonds. The zero-order valence-electron chi connectivity index (χ0n) is 10.4. The summed E-state index contributed by atoms with van der Waals surface area (Å²) in [6.07, 6.45) is 3.15. The first-order valence-electron chi connectivity index (χ1n) is 5.94. The fraction of sp³-hybridized carbons (Fsp3) is 0.818. The van der Waals surface area contributed by atoms with Crippen molar-refractivity contribution >= 4 is 0 Å². The Bertz CT molecular complexity index is 348. The zero-order chi connectivity index (χ0) is 11.6. The third-order valence-electron chi connectivity index (χ3n) is 3.37. The van der Waals surface area contributed by atoms with Gasteiger partial charge in [0.05, 0.1) is 5.69 Å². The van der Waals surface area contributed by atoms with Gasteiger partial charge in [0, 0.05) is 45.0 Å².